The van der Waals surface area contributed by atoms with Gasteiger partial charge in [-0.1, -0.05) is 13.8 Å². The van der Waals surface area contributed by atoms with Gasteiger partial charge in [-0.2, -0.15) is 0 Å². The smallest absolute Gasteiger partial charge is 0.0249 e. The van der Waals surface area contributed by atoms with Gasteiger partial charge in [-0.25, -0.2) is 0 Å². The van der Waals surface area contributed by atoms with Gasteiger partial charge in [0.1, 0.15) is 0 Å². The SMILES string of the molecule is CC(C)CCCN1CC(C)NCC1C1CC1. The van der Waals surface area contributed by atoms with Gasteiger partial charge in [0.05, 0.1) is 0 Å². The topological polar surface area (TPSA) is 15.3 Å². The normalized spacial score (nSPS) is 32.2. The molecule has 2 fully saturated rings. The van der Waals surface area contributed by atoms with Crippen LogP contribution in [0.25, 0.3) is 0 Å². The van der Waals surface area contributed by atoms with E-state index in [0.717, 1.165) is 17.9 Å². The predicted octanol–water partition coefficient (Wildman–Crippen LogP) is 2.49. The number of nitrogens with zero attached hydrogens (tertiary/aromatic N) is 1. The highest BCUT2D eigenvalue weighted by Crippen LogP contribution is 2.36. The van der Waals surface area contributed by atoms with Crippen LogP contribution in [0.4, 0.5) is 0 Å². The van der Waals surface area contributed by atoms with E-state index >= 15 is 0 Å². The summed E-state index contributed by atoms with van der Waals surface area (Å²) in [6.07, 6.45) is 5.71. The summed E-state index contributed by atoms with van der Waals surface area (Å²) in [6, 6.07) is 1.54. The summed E-state index contributed by atoms with van der Waals surface area (Å²) in [4.78, 5) is 2.77. The minimum atomic E-state index is 0.689. The van der Waals surface area contributed by atoms with E-state index in [-0.39, 0.29) is 0 Å². The highest BCUT2D eigenvalue weighted by molar-refractivity contribution is 4.94. The van der Waals surface area contributed by atoms with Gasteiger partial charge in [0.15, 0.2) is 0 Å². The van der Waals surface area contributed by atoms with Crippen molar-refractivity contribution in [3.63, 3.8) is 0 Å². The number of nitrogens with one attached hydrogen (secondary N) is 1. The first-order chi connectivity index (χ1) is 7.66. The third-order valence-electron chi connectivity index (χ3n) is 4.05. The van der Waals surface area contributed by atoms with Gasteiger partial charge >= 0.3 is 0 Å². The lowest BCUT2D eigenvalue weighted by molar-refractivity contribution is 0.116. The van der Waals surface area contributed by atoms with Crippen molar-refractivity contribution in [2.45, 2.75) is 58.5 Å². The summed E-state index contributed by atoms with van der Waals surface area (Å²) in [6.45, 7) is 10.8. The molecule has 1 saturated heterocycles. The summed E-state index contributed by atoms with van der Waals surface area (Å²) in [5.41, 5.74) is 0. The zero-order valence-electron chi connectivity index (χ0n) is 11.2. The maximum atomic E-state index is 3.64. The first-order valence-electron chi connectivity index (χ1n) is 7.14. The maximum absolute atomic E-state index is 3.64. The summed E-state index contributed by atoms with van der Waals surface area (Å²) in [5, 5.41) is 3.64. The van der Waals surface area contributed by atoms with E-state index in [2.05, 4.69) is 31.0 Å². The van der Waals surface area contributed by atoms with Crippen LogP contribution in [0.15, 0.2) is 0 Å². The molecule has 2 unspecified atom stereocenters. The third-order valence-corrected chi connectivity index (χ3v) is 4.05. The summed E-state index contributed by atoms with van der Waals surface area (Å²) in [7, 11) is 0. The first-order valence-corrected chi connectivity index (χ1v) is 7.14. The van der Waals surface area contributed by atoms with E-state index in [1.165, 1.54) is 45.3 Å². The molecule has 0 bridgehead atoms. The van der Waals surface area contributed by atoms with E-state index in [0.29, 0.717) is 6.04 Å². The van der Waals surface area contributed by atoms with Gasteiger partial charge < -0.3 is 5.32 Å². The Kier molecular flexibility index (Phi) is 4.26. The van der Waals surface area contributed by atoms with Crippen molar-refractivity contribution in [1.29, 1.82) is 0 Å². The lowest BCUT2D eigenvalue weighted by Crippen LogP contribution is -2.56. The second-order valence-electron chi connectivity index (χ2n) is 6.25. The lowest BCUT2D eigenvalue weighted by Gasteiger charge is -2.39. The van der Waals surface area contributed by atoms with Gasteiger partial charge in [0, 0.05) is 25.2 Å². The molecule has 0 spiro atoms. The third kappa shape index (κ3) is 3.46. The molecule has 2 rings (SSSR count). The molecule has 0 aromatic heterocycles. The predicted molar refractivity (Wildman–Crippen MR) is 69.6 cm³/mol. The van der Waals surface area contributed by atoms with Gasteiger partial charge in [0.2, 0.25) is 0 Å². The molecular formula is C14H28N2. The fraction of sp³-hybridized carbons (Fsp3) is 1.00. The van der Waals surface area contributed by atoms with Crippen LogP contribution in [0.1, 0.15) is 46.5 Å². The zero-order chi connectivity index (χ0) is 11.5. The van der Waals surface area contributed by atoms with Crippen LogP contribution in [-0.2, 0) is 0 Å². The van der Waals surface area contributed by atoms with E-state index in [1.54, 1.807) is 0 Å². The molecule has 0 amide bonds. The summed E-state index contributed by atoms with van der Waals surface area (Å²) in [5.74, 6) is 1.87. The van der Waals surface area contributed by atoms with Crippen LogP contribution in [0, 0.1) is 11.8 Å². The van der Waals surface area contributed by atoms with Crippen molar-refractivity contribution in [2.75, 3.05) is 19.6 Å². The van der Waals surface area contributed by atoms with Crippen LogP contribution < -0.4 is 5.32 Å². The molecule has 16 heavy (non-hydrogen) atoms. The fourth-order valence-corrected chi connectivity index (χ4v) is 2.91. The molecule has 0 aromatic carbocycles. The van der Waals surface area contributed by atoms with Crippen molar-refractivity contribution in [3.05, 3.63) is 0 Å². The van der Waals surface area contributed by atoms with Crippen molar-refractivity contribution in [2.24, 2.45) is 11.8 Å². The average molecular weight is 224 g/mol. The monoisotopic (exact) mass is 224 g/mol. The van der Waals surface area contributed by atoms with Crippen molar-refractivity contribution in [1.82, 2.24) is 10.2 Å². The van der Waals surface area contributed by atoms with E-state index in [9.17, 15) is 0 Å². The second kappa shape index (κ2) is 5.50. The molecule has 0 aromatic rings. The molecular weight excluding hydrogens is 196 g/mol. The van der Waals surface area contributed by atoms with Crippen molar-refractivity contribution < 1.29 is 0 Å². The molecule has 1 heterocycles. The first kappa shape index (κ1) is 12.4. The highest BCUT2D eigenvalue weighted by atomic mass is 15.2. The van der Waals surface area contributed by atoms with Crippen LogP contribution in [-0.4, -0.2) is 36.6 Å². The summed E-state index contributed by atoms with van der Waals surface area (Å²) < 4.78 is 0. The van der Waals surface area contributed by atoms with Crippen LogP contribution >= 0.6 is 0 Å². The number of hydrogen-bond acceptors (Lipinski definition) is 2. The Morgan fingerprint density at radius 3 is 2.69 bits per heavy atom. The molecule has 0 radical (unpaired) electrons. The Labute approximate surface area is 101 Å². The Balaban J connectivity index is 1.77. The van der Waals surface area contributed by atoms with E-state index in [1.807, 2.05) is 0 Å². The molecule has 2 nitrogen and oxygen atoms in total. The largest absolute Gasteiger partial charge is 0.311 e. The Hall–Kier alpha value is -0.0800. The van der Waals surface area contributed by atoms with Crippen LogP contribution in [0.5, 0.6) is 0 Å². The number of piperazine rings is 1. The maximum Gasteiger partial charge on any atom is 0.0249 e. The van der Waals surface area contributed by atoms with Gasteiger partial charge in [-0.3, -0.25) is 4.90 Å². The minimum Gasteiger partial charge on any atom is -0.311 e. The van der Waals surface area contributed by atoms with Gasteiger partial charge in [-0.15, -0.1) is 0 Å². The highest BCUT2D eigenvalue weighted by Gasteiger charge is 2.37. The minimum absolute atomic E-state index is 0.689. The van der Waals surface area contributed by atoms with Gasteiger partial charge in [-0.05, 0) is 51.0 Å². The van der Waals surface area contributed by atoms with E-state index < -0.39 is 0 Å². The Morgan fingerprint density at radius 1 is 1.31 bits per heavy atom. The standard InChI is InChI=1S/C14H28N2/c1-11(2)5-4-8-16-10-12(3)15-9-14(16)13-6-7-13/h11-15H,4-10H2,1-3H3. The molecule has 1 saturated carbocycles. The molecule has 2 aliphatic rings. The van der Waals surface area contributed by atoms with Crippen molar-refractivity contribution in [3.8, 4) is 0 Å². The van der Waals surface area contributed by atoms with Crippen LogP contribution in [0.3, 0.4) is 0 Å². The second-order valence-corrected chi connectivity index (χ2v) is 6.25. The molecule has 1 N–H and O–H groups in total. The fourth-order valence-electron chi connectivity index (χ4n) is 2.91. The lowest BCUT2D eigenvalue weighted by atomic mass is 10.0. The Bertz CT molecular complexity index is 211. The zero-order valence-corrected chi connectivity index (χ0v) is 11.2. The van der Waals surface area contributed by atoms with Gasteiger partial charge in [0.25, 0.3) is 0 Å². The summed E-state index contributed by atoms with van der Waals surface area (Å²) >= 11 is 0. The van der Waals surface area contributed by atoms with Crippen LogP contribution in [0.2, 0.25) is 0 Å². The molecule has 2 atom stereocenters. The molecule has 1 aliphatic heterocycles. The number of rotatable bonds is 5. The van der Waals surface area contributed by atoms with Crippen molar-refractivity contribution >= 4 is 0 Å². The van der Waals surface area contributed by atoms with E-state index in [4.69, 9.17) is 0 Å². The molecule has 94 valence electrons. The quantitative estimate of drug-likeness (QED) is 0.772. The average Bonchev–Trinajstić information content (AvgIpc) is 3.01. The molecule has 1 aliphatic carbocycles. The molecule has 2 heteroatoms. The Morgan fingerprint density at radius 2 is 2.06 bits per heavy atom. The number of hydrogen-bond donors (Lipinski definition) is 1.